The van der Waals surface area contributed by atoms with E-state index in [1.165, 1.54) is 16.1 Å². The average Bonchev–Trinajstić information content (AvgIpc) is 3.40. The highest BCUT2D eigenvalue weighted by Gasteiger charge is 2.29. The van der Waals surface area contributed by atoms with Gasteiger partial charge in [-0.05, 0) is 54.8 Å². The molecule has 0 spiro atoms. The van der Waals surface area contributed by atoms with Gasteiger partial charge in [0.05, 0.1) is 14.2 Å². The first-order valence-corrected chi connectivity index (χ1v) is 13.1. The zero-order valence-electron chi connectivity index (χ0n) is 21.9. The van der Waals surface area contributed by atoms with E-state index in [9.17, 15) is 9.59 Å². The molecule has 202 valence electrons. The molecule has 1 unspecified atom stereocenters. The van der Waals surface area contributed by atoms with Gasteiger partial charge in [-0.3, -0.25) is 9.59 Å². The average molecular weight is 541 g/mol. The van der Waals surface area contributed by atoms with Crippen molar-refractivity contribution in [2.24, 2.45) is 0 Å². The molecule has 1 N–H and O–H groups in total. The number of nitrogens with zero attached hydrogens (tertiary/aromatic N) is 5. The molecule has 0 aliphatic heterocycles. The number of amides is 2. The number of aromatic nitrogens is 4. The van der Waals surface area contributed by atoms with E-state index in [1.54, 1.807) is 45.4 Å². The minimum Gasteiger partial charge on any atom is -0.493 e. The number of hydrogen-bond acceptors (Lipinski definition) is 7. The second-order valence-electron chi connectivity index (χ2n) is 9.35. The lowest BCUT2D eigenvalue weighted by Gasteiger charge is -2.31. The second-order valence-corrected chi connectivity index (χ2v) is 9.75. The highest BCUT2D eigenvalue weighted by Crippen LogP contribution is 2.30. The number of carbonyl (C=O) groups is 2. The van der Waals surface area contributed by atoms with E-state index in [0.29, 0.717) is 27.9 Å². The fourth-order valence-corrected chi connectivity index (χ4v) is 4.77. The van der Waals surface area contributed by atoms with Gasteiger partial charge in [0.1, 0.15) is 12.6 Å². The van der Waals surface area contributed by atoms with E-state index in [4.69, 9.17) is 21.1 Å². The summed E-state index contributed by atoms with van der Waals surface area (Å²) >= 11 is 6.39. The highest BCUT2D eigenvalue weighted by atomic mass is 35.5. The minimum atomic E-state index is -0.713. The molecule has 0 radical (unpaired) electrons. The lowest BCUT2D eigenvalue weighted by atomic mass is 9.95. The van der Waals surface area contributed by atoms with Gasteiger partial charge < -0.3 is 19.7 Å². The van der Waals surface area contributed by atoms with Crippen molar-refractivity contribution in [2.75, 3.05) is 14.2 Å². The Bertz CT molecular complexity index is 1260. The Balaban J connectivity index is 1.52. The Morgan fingerprint density at radius 2 is 1.84 bits per heavy atom. The third kappa shape index (κ3) is 6.61. The summed E-state index contributed by atoms with van der Waals surface area (Å²) in [5.41, 5.74) is 1.41. The van der Waals surface area contributed by atoms with Crippen LogP contribution in [-0.2, 0) is 22.7 Å². The predicted octanol–water partition coefficient (Wildman–Crippen LogP) is 3.88. The molecule has 0 saturated heterocycles. The van der Waals surface area contributed by atoms with Crippen molar-refractivity contribution in [3.05, 3.63) is 53.1 Å². The minimum absolute atomic E-state index is 0.136. The molecular weight excluding hydrogens is 508 g/mol. The van der Waals surface area contributed by atoms with Crippen LogP contribution in [-0.4, -0.2) is 63.2 Å². The number of nitrogens with one attached hydrogen (secondary N) is 1. The molecule has 38 heavy (non-hydrogen) atoms. The molecule has 3 aromatic rings. The maximum absolute atomic E-state index is 13.5. The molecule has 0 bridgehead atoms. The molecule has 2 amide bonds. The summed E-state index contributed by atoms with van der Waals surface area (Å²) in [6.45, 7) is 1.72. The quantitative estimate of drug-likeness (QED) is 0.415. The SMILES string of the molecule is COc1ccc(-c2nnn(CC(=O)N(Cc3ccccc3Cl)C(C)C(=O)NC3CCCCC3)n2)cc1OC. The summed E-state index contributed by atoms with van der Waals surface area (Å²) in [4.78, 5) is 29.4. The molecule has 1 aliphatic rings. The van der Waals surface area contributed by atoms with Crippen LogP contribution in [0.2, 0.25) is 5.02 Å². The van der Waals surface area contributed by atoms with Crippen LogP contribution >= 0.6 is 11.6 Å². The van der Waals surface area contributed by atoms with Crippen LogP contribution in [0.15, 0.2) is 42.5 Å². The van der Waals surface area contributed by atoms with Crippen LogP contribution in [0.3, 0.4) is 0 Å². The number of carbonyl (C=O) groups excluding carboxylic acids is 2. The standard InChI is InChI=1S/C27H33ClN6O4/c1-18(27(36)29-21-10-5-4-6-11-21)33(16-20-9-7-8-12-22(20)28)25(35)17-34-31-26(30-32-34)19-13-14-23(37-2)24(15-19)38-3/h7-9,12-15,18,21H,4-6,10-11,16-17H2,1-3H3,(H,29,36). The fourth-order valence-electron chi connectivity index (χ4n) is 4.57. The number of tetrazole rings is 1. The number of hydrogen-bond donors (Lipinski definition) is 1. The fraction of sp³-hybridized carbons (Fsp3) is 0.444. The first-order chi connectivity index (χ1) is 18.4. The normalized spacial score (nSPS) is 14.5. The first-order valence-electron chi connectivity index (χ1n) is 12.7. The van der Waals surface area contributed by atoms with Crippen molar-refractivity contribution in [3.63, 3.8) is 0 Å². The van der Waals surface area contributed by atoms with E-state index in [0.717, 1.165) is 31.2 Å². The van der Waals surface area contributed by atoms with Crippen molar-refractivity contribution in [3.8, 4) is 22.9 Å². The second kappa shape index (κ2) is 12.7. The summed E-state index contributed by atoms with van der Waals surface area (Å²) in [5.74, 6) is 0.928. The molecule has 1 fully saturated rings. The smallest absolute Gasteiger partial charge is 0.247 e. The van der Waals surface area contributed by atoms with Gasteiger partial charge >= 0.3 is 0 Å². The predicted molar refractivity (Wildman–Crippen MR) is 143 cm³/mol. The van der Waals surface area contributed by atoms with Crippen LogP contribution in [0.1, 0.15) is 44.6 Å². The molecule has 10 nitrogen and oxygen atoms in total. The summed E-state index contributed by atoms with van der Waals surface area (Å²) in [7, 11) is 3.10. The maximum atomic E-state index is 13.5. The summed E-state index contributed by atoms with van der Waals surface area (Å²) < 4.78 is 10.6. The Labute approximate surface area is 227 Å². The largest absolute Gasteiger partial charge is 0.493 e. The monoisotopic (exact) mass is 540 g/mol. The van der Waals surface area contributed by atoms with E-state index in [1.807, 2.05) is 18.2 Å². The molecule has 1 atom stereocenters. The Morgan fingerprint density at radius 1 is 1.11 bits per heavy atom. The molecule has 1 saturated carbocycles. The van der Waals surface area contributed by atoms with Gasteiger partial charge in [0, 0.05) is 23.2 Å². The topological polar surface area (TPSA) is 111 Å². The molecule has 1 heterocycles. The van der Waals surface area contributed by atoms with Crippen LogP contribution in [0.4, 0.5) is 0 Å². The number of benzene rings is 2. The zero-order chi connectivity index (χ0) is 27.1. The van der Waals surface area contributed by atoms with Gasteiger partial charge in [0.25, 0.3) is 0 Å². The molecule has 11 heteroatoms. The van der Waals surface area contributed by atoms with Gasteiger partial charge in [0.15, 0.2) is 11.5 Å². The summed E-state index contributed by atoms with van der Waals surface area (Å²) in [6.07, 6.45) is 5.30. The molecular formula is C27H33ClN6O4. The summed E-state index contributed by atoms with van der Waals surface area (Å²) in [5, 5.41) is 16.2. The van der Waals surface area contributed by atoms with Crippen LogP contribution in [0.25, 0.3) is 11.4 Å². The van der Waals surface area contributed by atoms with E-state index in [-0.39, 0.29) is 30.9 Å². The lowest BCUT2D eigenvalue weighted by molar-refractivity contribution is -0.141. The number of halogens is 1. The molecule has 1 aromatic heterocycles. The highest BCUT2D eigenvalue weighted by molar-refractivity contribution is 6.31. The number of methoxy groups -OCH3 is 2. The van der Waals surface area contributed by atoms with Crippen molar-refractivity contribution in [1.82, 2.24) is 30.4 Å². The maximum Gasteiger partial charge on any atom is 0.247 e. The first kappa shape index (κ1) is 27.4. The third-order valence-corrected chi connectivity index (χ3v) is 7.16. The van der Waals surface area contributed by atoms with Crippen molar-refractivity contribution >= 4 is 23.4 Å². The number of ether oxygens (including phenoxy) is 2. The van der Waals surface area contributed by atoms with Gasteiger partial charge in [-0.2, -0.15) is 4.80 Å². The van der Waals surface area contributed by atoms with E-state index < -0.39 is 6.04 Å². The Hall–Kier alpha value is -3.66. The summed E-state index contributed by atoms with van der Waals surface area (Å²) in [6, 6.07) is 12.0. The Morgan fingerprint density at radius 3 is 2.55 bits per heavy atom. The van der Waals surface area contributed by atoms with Gasteiger partial charge in [-0.1, -0.05) is 49.1 Å². The van der Waals surface area contributed by atoms with E-state index >= 15 is 0 Å². The van der Waals surface area contributed by atoms with Gasteiger partial charge in [-0.25, -0.2) is 0 Å². The third-order valence-electron chi connectivity index (χ3n) is 6.79. The van der Waals surface area contributed by atoms with Crippen molar-refractivity contribution in [2.45, 2.75) is 64.2 Å². The Kier molecular flexibility index (Phi) is 9.17. The van der Waals surface area contributed by atoms with Crippen LogP contribution in [0, 0.1) is 0 Å². The number of rotatable bonds is 10. The van der Waals surface area contributed by atoms with Crippen molar-refractivity contribution < 1.29 is 19.1 Å². The van der Waals surface area contributed by atoms with Crippen LogP contribution < -0.4 is 14.8 Å². The van der Waals surface area contributed by atoms with Gasteiger partial charge in [0.2, 0.25) is 17.6 Å². The van der Waals surface area contributed by atoms with Crippen LogP contribution in [0.5, 0.6) is 11.5 Å². The van der Waals surface area contributed by atoms with Crippen molar-refractivity contribution in [1.29, 1.82) is 0 Å². The molecule has 2 aromatic carbocycles. The van der Waals surface area contributed by atoms with E-state index in [2.05, 4.69) is 20.7 Å². The zero-order valence-corrected chi connectivity index (χ0v) is 22.6. The molecule has 1 aliphatic carbocycles. The molecule has 4 rings (SSSR count). The van der Waals surface area contributed by atoms with Gasteiger partial charge in [-0.15, -0.1) is 10.2 Å². The lowest BCUT2D eigenvalue weighted by Crippen LogP contribution is -2.51.